The molecule has 0 saturated carbocycles. The molecule has 0 aliphatic heterocycles. The Bertz CT molecular complexity index is 445. The molecule has 2 aromatic rings. The summed E-state index contributed by atoms with van der Waals surface area (Å²) >= 11 is 5.97. The number of aliphatic hydroxyl groups excluding tert-OH is 1. The summed E-state index contributed by atoms with van der Waals surface area (Å²) in [5.41, 5.74) is 2.21. The van der Waals surface area contributed by atoms with Gasteiger partial charge in [0, 0.05) is 15.0 Å². The lowest BCUT2D eigenvalue weighted by atomic mass is 10.1. The monoisotopic (exact) mass is 210 g/mol. The third kappa shape index (κ3) is 1.47. The molecule has 1 nitrogen and oxygen atoms in total. The zero-order valence-corrected chi connectivity index (χ0v) is 8.95. The fourth-order valence-corrected chi connectivity index (χ4v) is 3.03. The fourth-order valence-electron chi connectivity index (χ4n) is 1.55. The van der Waals surface area contributed by atoms with Crippen molar-refractivity contribution in [3.63, 3.8) is 0 Å². The average molecular weight is 210 g/mol. The van der Waals surface area contributed by atoms with Gasteiger partial charge >= 0.3 is 0 Å². The van der Waals surface area contributed by atoms with Crippen LogP contribution in [-0.2, 0) is 6.61 Å². The van der Waals surface area contributed by atoms with E-state index in [4.69, 9.17) is 5.11 Å². The zero-order valence-electron chi connectivity index (χ0n) is 7.24. The Kier molecular flexibility index (Phi) is 2.32. The third-order valence-corrected chi connectivity index (χ3v) is 3.34. The summed E-state index contributed by atoms with van der Waals surface area (Å²) in [5.74, 6) is 0. The lowest BCUT2D eigenvalue weighted by molar-refractivity contribution is 0.283. The van der Waals surface area contributed by atoms with Gasteiger partial charge < -0.3 is 5.11 Å². The topological polar surface area (TPSA) is 20.2 Å². The molecule has 1 aromatic heterocycles. The summed E-state index contributed by atoms with van der Waals surface area (Å²) in [7, 11) is 0. The number of thiophene rings is 1. The van der Waals surface area contributed by atoms with E-state index in [2.05, 4.69) is 12.6 Å². The second kappa shape index (κ2) is 3.33. The van der Waals surface area contributed by atoms with Crippen LogP contribution in [0.1, 0.15) is 11.1 Å². The zero-order chi connectivity index (χ0) is 9.42. The van der Waals surface area contributed by atoms with Gasteiger partial charge in [0.15, 0.2) is 0 Å². The summed E-state index contributed by atoms with van der Waals surface area (Å²) < 4.78 is 1.20. The summed E-state index contributed by atoms with van der Waals surface area (Å²) in [6, 6.07) is 4.06. The van der Waals surface area contributed by atoms with Crippen LogP contribution in [0.5, 0.6) is 0 Å². The van der Waals surface area contributed by atoms with Gasteiger partial charge in [0.25, 0.3) is 0 Å². The normalized spacial score (nSPS) is 11.0. The standard InChI is InChI=1S/C10H10OS2/c1-6-2-8(12)3-9-10(6)7(4-11)5-13-9/h2-3,5,11-12H,4H2,1H3. The van der Waals surface area contributed by atoms with Crippen molar-refractivity contribution in [2.24, 2.45) is 0 Å². The van der Waals surface area contributed by atoms with Gasteiger partial charge in [-0.15, -0.1) is 24.0 Å². The minimum atomic E-state index is 0.118. The van der Waals surface area contributed by atoms with Crippen LogP contribution >= 0.6 is 24.0 Å². The van der Waals surface area contributed by atoms with Crippen LogP contribution in [0.15, 0.2) is 22.4 Å². The van der Waals surface area contributed by atoms with E-state index in [1.807, 2.05) is 24.4 Å². The Hall–Kier alpha value is -0.510. The van der Waals surface area contributed by atoms with E-state index in [0.717, 1.165) is 10.5 Å². The smallest absolute Gasteiger partial charge is 0.0696 e. The maximum Gasteiger partial charge on any atom is 0.0696 e. The first-order chi connectivity index (χ1) is 6.22. The van der Waals surface area contributed by atoms with Crippen LogP contribution in [0.2, 0.25) is 0 Å². The van der Waals surface area contributed by atoms with Gasteiger partial charge in [-0.05, 0) is 35.6 Å². The minimum Gasteiger partial charge on any atom is -0.392 e. The van der Waals surface area contributed by atoms with E-state index in [9.17, 15) is 0 Å². The van der Waals surface area contributed by atoms with Crippen LogP contribution in [0.25, 0.3) is 10.1 Å². The molecule has 1 aromatic carbocycles. The quantitative estimate of drug-likeness (QED) is 0.693. The highest BCUT2D eigenvalue weighted by atomic mass is 32.1. The third-order valence-electron chi connectivity index (χ3n) is 2.10. The van der Waals surface area contributed by atoms with Gasteiger partial charge in [-0.25, -0.2) is 0 Å². The summed E-state index contributed by atoms with van der Waals surface area (Å²) in [6.45, 7) is 2.17. The highest BCUT2D eigenvalue weighted by Crippen LogP contribution is 2.31. The summed E-state index contributed by atoms with van der Waals surface area (Å²) in [5, 5.41) is 12.3. The molecule has 0 saturated heterocycles. The van der Waals surface area contributed by atoms with E-state index < -0.39 is 0 Å². The van der Waals surface area contributed by atoms with Gasteiger partial charge in [0.1, 0.15) is 0 Å². The lowest BCUT2D eigenvalue weighted by Crippen LogP contribution is -1.82. The van der Waals surface area contributed by atoms with Crippen molar-refractivity contribution >= 4 is 34.1 Å². The first-order valence-electron chi connectivity index (χ1n) is 4.03. The first-order valence-corrected chi connectivity index (χ1v) is 5.35. The average Bonchev–Trinajstić information content (AvgIpc) is 2.47. The number of hydrogen-bond donors (Lipinski definition) is 2. The highest BCUT2D eigenvalue weighted by Gasteiger charge is 2.06. The molecule has 0 spiro atoms. The Morgan fingerprint density at radius 1 is 1.46 bits per heavy atom. The maximum atomic E-state index is 9.11. The number of benzene rings is 1. The van der Waals surface area contributed by atoms with E-state index in [0.29, 0.717) is 0 Å². The van der Waals surface area contributed by atoms with E-state index in [-0.39, 0.29) is 6.61 Å². The predicted molar refractivity (Wildman–Crippen MR) is 59.7 cm³/mol. The van der Waals surface area contributed by atoms with E-state index in [1.165, 1.54) is 15.6 Å². The molecule has 0 aliphatic rings. The molecular formula is C10H10OS2. The van der Waals surface area contributed by atoms with Crippen molar-refractivity contribution in [2.75, 3.05) is 0 Å². The number of thiol groups is 1. The van der Waals surface area contributed by atoms with Crippen molar-refractivity contribution < 1.29 is 5.11 Å². The van der Waals surface area contributed by atoms with E-state index >= 15 is 0 Å². The second-order valence-electron chi connectivity index (χ2n) is 3.05. The largest absolute Gasteiger partial charge is 0.392 e. The first kappa shape index (κ1) is 9.06. The molecule has 1 N–H and O–H groups in total. The predicted octanol–water partition coefficient (Wildman–Crippen LogP) is 2.99. The van der Waals surface area contributed by atoms with Gasteiger partial charge in [0.2, 0.25) is 0 Å². The lowest BCUT2D eigenvalue weighted by Gasteiger charge is -2.00. The van der Waals surface area contributed by atoms with Crippen LogP contribution < -0.4 is 0 Å². The van der Waals surface area contributed by atoms with Crippen molar-refractivity contribution in [3.05, 3.63) is 28.6 Å². The summed E-state index contributed by atoms with van der Waals surface area (Å²) in [6.07, 6.45) is 0. The van der Waals surface area contributed by atoms with Crippen LogP contribution in [0, 0.1) is 6.92 Å². The molecule has 2 rings (SSSR count). The molecule has 1 heterocycles. The molecule has 13 heavy (non-hydrogen) atoms. The molecule has 3 heteroatoms. The Labute approximate surface area is 86.4 Å². The molecule has 0 atom stereocenters. The number of aryl methyl sites for hydroxylation is 1. The number of rotatable bonds is 1. The second-order valence-corrected chi connectivity index (χ2v) is 4.48. The Balaban J connectivity index is 2.82. The minimum absolute atomic E-state index is 0.118. The van der Waals surface area contributed by atoms with Gasteiger partial charge in [-0.3, -0.25) is 0 Å². The Morgan fingerprint density at radius 3 is 2.92 bits per heavy atom. The van der Waals surface area contributed by atoms with Crippen molar-refractivity contribution in [1.29, 1.82) is 0 Å². The van der Waals surface area contributed by atoms with Crippen LogP contribution in [-0.4, -0.2) is 5.11 Å². The van der Waals surface area contributed by atoms with Gasteiger partial charge in [-0.1, -0.05) is 0 Å². The van der Waals surface area contributed by atoms with Crippen LogP contribution in [0.4, 0.5) is 0 Å². The molecule has 0 aliphatic carbocycles. The van der Waals surface area contributed by atoms with E-state index in [1.54, 1.807) is 11.3 Å². The van der Waals surface area contributed by atoms with Crippen molar-refractivity contribution in [1.82, 2.24) is 0 Å². The molecular weight excluding hydrogens is 200 g/mol. The number of aliphatic hydroxyl groups is 1. The highest BCUT2D eigenvalue weighted by molar-refractivity contribution is 7.80. The Morgan fingerprint density at radius 2 is 2.23 bits per heavy atom. The molecule has 0 unspecified atom stereocenters. The maximum absolute atomic E-state index is 9.11. The molecule has 0 bridgehead atoms. The number of fused-ring (bicyclic) bond motifs is 1. The molecule has 0 radical (unpaired) electrons. The molecule has 0 fully saturated rings. The van der Waals surface area contributed by atoms with Gasteiger partial charge in [0.05, 0.1) is 6.61 Å². The fraction of sp³-hybridized carbons (Fsp3) is 0.200. The molecule has 68 valence electrons. The summed E-state index contributed by atoms with van der Waals surface area (Å²) in [4.78, 5) is 0.983. The van der Waals surface area contributed by atoms with Crippen molar-refractivity contribution in [2.45, 2.75) is 18.4 Å². The SMILES string of the molecule is Cc1cc(S)cc2scc(CO)c12. The van der Waals surface area contributed by atoms with Crippen LogP contribution in [0.3, 0.4) is 0 Å². The van der Waals surface area contributed by atoms with Crippen molar-refractivity contribution in [3.8, 4) is 0 Å². The molecule has 0 amide bonds. The number of hydrogen-bond acceptors (Lipinski definition) is 3. The van der Waals surface area contributed by atoms with Gasteiger partial charge in [-0.2, -0.15) is 0 Å².